The van der Waals surface area contributed by atoms with Crippen molar-refractivity contribution in [1.29, 1.82) is 0 Å². The molecule has 2 aromatic carbocycles. The summed E-state index contributed by atoms with van der Waals surface area (Å²) in [5.41, 5.74) is 1.37. The van der Waals surface area contributed by atoms with E-state index in [0.717, 1.165) is 62.9 Å². The smallest absolute Gasteiger partial charge is 0.412 e. The molecule has 4 rings (SSSR count). The second kappa shape index (κ2) is 12.8. The maximum atomic E-state index is 12.4. The molecule has 1 N–H and O–H groups in total. The molecule has 0 spiro atoms. The number of rotatable bonds is 11. The average molecular weight is 523 g/mol. The summed E-state index contributed by atoms with van der Waals surface area (Å²) in [5.74, 6) is 2.40. The zero-order chi connectivity index (χ0) is 27.1. The molecule has 9 nitrogen and oxygen atoms in total. The zero-order valence-corrected chi connectivity index (χ0v) is 22.7. The number of anilines is 1. The van der Waals surface area contributed by atoms with E-state index in [1.54, 1.807) is 26.5 Å². The Kier molecular flexibility index (Phi) is 9.25. The summed E-state index contributed by atoms with van der Waals surface area (Å²) < 4.78 is 17.0. The van der Waals surface area contributed by atoms with Crippen molar-refractivity contribution >= 4 is 22.7 Å². The predicted octanol–water partition coefficient (Wildman–Crippen LogP) is 5.33. The number of methoxy groups -OCH3 is 2. The van der Waals surface area contributed by atoms with Crippen molar-refractivity contribution in [3.8, 4) is 23.0 Å². The van der Waals surface area contributed by atoms with Gasteiger partial charge in [-0.15, -0.1) is 0 Å². The Morgan fingerprint density at radius 2 is 1.68 bits per heavy atom. The van der Waals surface area contributed by atoms with Crippen LogP contribution >= 0.6 is 0 Å². The molecule has 1 saturated heterocycles. The van der Waals surface area contributed by atoms with Crippen LogP contribution in [0.4, 0.5) is 10.5 Å². The summed E-state index contributed by atoms with van der Waals surface area (Å²) in [6.07, 6.45) is 3.28. The number of nitrogens with zero attached hydrogens (tertiary/aromatic N) is 4. The fraction of sp³-hybridized carbons (Fsp3) is 0.448. The maximum Gasteiger partial charge on any atom is 0.412 e. The highest BCUT2D eigenvalue weighted by Gasteiger charge is 2.26. The first kappa shape index (κ1) is 27.5. The van der Waals surface area contributed by atoms with Crippen LogP contribution in [0.5, 0.6) is 23.0 Å². The number of hydrogen-bond acceptors (Lipinski definition) is 7. The minimum absolute atomic E-state index is 0.0875. The van der Waals surface area contributed by atoms with Crippen LogP contribution in [-0.4, -0.2) is 86.0 Å². The van der Waals surface area contributed by atoms with Crippen LogP contribution in [0.25, 0.3) is 10.9 Å². The predicted molar refractivity (Wildman–Crippen MR) is 149 cm³/mol. The van der Waals surface area contributed by atoms with E-state index in [-0.39, 0.29) is 6.04 Å². The summed E-state index contributed by atoms with van der Waals surface area (Å²) in [7, 11) is 5.32. The molecule has 0 saturated carbocycles. The Bertz CT molecular complexity index is 1210. The summed E-state index contributed by atoms with van der Waals surface area (Å²) in [4.78, 5) is 23.1. The number of amides is 1. The minimum atomic E-state index is -0.934. The Morgan fingerprint density at radius 1 is 1.00 bits per heavy atom. The normalized spacial score (nSPS) is 15.3. The van der Waals surface area contributed by atoms with Crippen molar-refractivity contribution < 1.29 is 24.1 Å². The summed E-state index contributed by atoms with van der Waals surface area (Å²) in [5, 5.41) is 10.9. The van der Waals surface area contributed by atoms with E-state index in [9.17, 15) is 9.90 Å². The number of carboxylic acid groups (broad SMARTS) is 1. The molecule has 1 atom stereocenters. The Hall–Kier alpha value is -3.56. The fourth-order valence-corrected chi connectivity index (χ4v) is 4.95. The van der Waals surface area contributed by atoms with Crippen LogP contribution in [0.3, 0.4) is 0 Å². The Labute approximate surface area is 224 Å². The maximum absolute atomic E-state index is 12.4. The van der Waals surface area contributed by atoms with Crippen LogP contribution in [0.1, 0.15) is 26.2 Å². The lowest BCUT2D eigenvalue weighted by Crippen LogP contribution is -2.47. The molecule has 1 aromatic heterocycles. The van der Waals surface area contributed by atoms with Gasteiger partial charge in [0.2, 0.25) is 0 Å². The first-order valence-electron chi connectivity index (χ1n) is 13.1. The van der Waals surface area contributed by atoms with E-state index < -0.39 is 6.09 Å². The van der Waals surface area contributed by atoms with Crippen molar-refractivity contribution in [3.63, 3.8) is 0 Å². The second-order valence-electron chi connectivity index (χ2n) is 9.66. The Morgan fingerprint density at radius 3 is 2.32 bits per heavy atom. The van der Waals surface area contributed by atoms with E-state index in [0.29, 0.717) is 28.7 Å². The highest BCUT2D eigenvalue weighted by molar-refractivity contribution is 5.89. The molecule has 1 unspecified atom stereocenters. The number of benzene rings is 2. The molecule has 2 heterocycles. The molecular formula is C29H38N4O5. The van der Waals surface area contributed by atoms with E-state index >= 15 is 0 Å². The van der Waals surface area contributed by atoms with E-state index in [2.05, 4.69) is 28.8 Å². The number of pyridine rings is 1. The first-order valence-corrected chi connectivity index (χ1v) is 13.1. The number of likely N-dealkylation sites (N-methyl/N-ethyl adjacent to an activating group) is 1. The lowest BCUT2D eigenvalue weighted by atomic mass is 10.0. The van der Waals surface area contributed by atoms with Gasteiger partial charge in [-0.2, -0.15) is 0 Å². The van der Waals surface area contributed by atoms with Gasteiger partial charge in [-0.25, -0.2) is 4.79 Å². The first-order chi connectivity index (χ1) is 18.4. The molecule has 38 heavy (non-hydrogen) atoms. The highest BCUT2D eigenvalue weighted by Crippen LogP contribution is 2.37. The standard InChI is InChI=1S/C29H38N4O5/c1-5-6-21(12-14-32-17-15-31(2)16-18-32)33(29(34)35)22-7-9-23(10-8-22)38-26-11-13-30-25-20-28(37-4)27(36-3)19-24(25)26/h7-11,13,19-21H,5-6,12,14-18H2,1-4H3,(H,34,35). The quantitative estimate of drug-likeness (QED) is 0.361. The Balaban J connectivity index is 1.51. The van der Waals surface area contributed by atoms with Crippen LogP contribution < -0.4 is 19.1 Å². The number of aromatic nitrogens is 1. The monoisotopic (exact) mass is 522 g/mol. The fourth-order valence-electron chi connectivity index (χ4n) is 4.95. The van der Waals surface area contributed by atoms with Crippen LogP contribution in [0.2, 0.25) is 0 Å². The van der Waals surface area contributed by atoms with Crippen molar-refractivity contribution in [3.05, 3.63) is 48.7 Å². The van der Waals surface area contributed by atoms with Crippen LogP contribution in [0.15, 0.2) is 48.7 Å². The lowest BCUT2D eigenvalue weighted by Gasteiger charge is -2.35. The molecule has 1 aliphatic heterocycles. The zero-order valence-electron chi connectivity index (χ0n) is 22.7. The number of hydrogen-bond donors (Lipinski definition) is 1. The third kappa shape index (κ3) is 6.46. The summed E-state index contributed by atoms with van der Waals surface area (Å²) in [6, 6.07) is 12.6. The molecule has 9 heteroatoms. The number of carbonyl (C=O) groups is 1. The molecule has 0 aliphatic carbocycles. The number of fused-ring (bicyclic) bond motifs is 1. The molecule has 204 valence electrons. The molecule has 0 radical (unpaired) electrons. The van der Waals surface area contributed by atoms with Crippen molar-refractivity contribution in [1.82, 2.24) is 14.8 Å². The van der Waals surface area contributed by atoms with Gasteiger partial charge >= 0.3 is 6.09 Å². The van der Waals surface area contributed by atoms with Gasteiger partial charge in [0.25, 0.3) is 0 Å². The number of piperazine rings is 1. The molecule has 1 aliphatic rings. The molecule has 1 fully saturated rings. The SMILES string of the molecule is CCCC(CCN1CCN(C)CC1)N(C(=O)O)c1ccc(Oc2ccnc3cc(OC)c(OC)cc23)cc1. The molecular weight excluding hydrogens is 484 g/mol. The van der Waals surface area contributed by atoms with Gasteiger partial charge in [-0.3, -0.25) is 9.88 Å². The van der Waals surface area contributed by atoms with Gasteiger partial charge < -0.3 is 29.1 Å². The summed E-state index contributed by atoms with van der Waals surface area (Å²) >= 11 is 0. The van der Waals surface area contributed by atoms with E-state index in [1.165, 1.54) is 4.90 Å². The van der Waals surface area contributed by atoms with Crippen LogP contribution in [0, 0.1) is 0 Å². The van der Waals surface area contributed by atoms with E-state index in [1.807, 2.05) is 36.4 Å². The van der Waals surface area contributed by atoms with Crippen molar-refractivity contribution in [2.45, 2.75) is 32.2 Å². The third-order valence-corrected chi connectivity index (χ3v) is 7.12. The molecule has 0 bridgehead atoms. The average Bonchev–Trinajstić information content (AvgIpc) is 2.93. The van der Waals surface area contributed by atoms with Gasteiger partial charge in [0.1, 0.15) is 11.5 Å². The van der Waals surface area contributed by atoms with Crippen molar-refractivity contribution in [2.24, 2.45) is 0 Å². The van der Waals surface area contributed by atoms with Gasteiger partial charge in [0.15, 0.2) is 11.5 Å². The molecule has 1 amide bonds. The van der Waals surface area contributed by atoms with Gasteiger partial charge in [0, 0.05) is 62.1 Å². The minimum Gasteiger partial charge on any atom is -0.493 e. The van der Waals surface area contributed by atoms with Gasteiger partial charge in [-0.05, 0) is 56.3 Å². The largest absolute Gasteiger partial charge is 0.493 e. The van der Waals surface area contributed by atoms with Gasteiger partial charge in [0.05, 0.1) is 19.7 Å². The third-order valence-electron chi connectivity index (χ3n) is 7.12. The second-order valence-corrected chi connectivity index (χ2v) is 9.66. The molecule has 3 aromatic rings. The topological polar surface area (TPSA) is 87.6 Å². The summed E-state index contributed by atoms with van der Waals surface area (Å²) in [6.45, 7) is 7.15. The number of ether oxygens (including phenoxy) is 3. The lowest BCUT2D eigenvalue weighted by molar-refractivity contribution is 0.148. The van der Waals surface area contributed by atoms with Crippen molar-refractivity contribution in [2.75, 3.05) is 58.9 Å². The highest BCUT2D eigenvalue weighted by atomic mass is 16.5. The van der Waals surface area contributed by atoms with Crippen LogP contribution in [-0.2, 0) is 0 Å². The van der Waals surface area contributed by atoms with Gasteiger partial charge in [-0.1, -0.05) is 13.3 Å². The van der Waals surface area contributed by atoms with E-state index in [4.69, 9.17) is 14.2 Å².